The van der Waals surface area contributed by atoms with E-state index in [0.717, 1.165) is 5.56 Å². The van der Waals surface area contributed by atoms with Crippen molar-refractivity contribution < 1.29 is 14.3 Å². The van der Waals surface area contributed by atoms with Gasteiger partial charge in [0.05, 0.1) is 11.4 Å². The molecule has 0 bridgehead atoms. The van der Waals surface area contributed by atoms with Crippen LogP contribution in [0, 0.1) is 5.82 Å². The standard InChI is InChI=1S/C13H11FN2O2/c14-10-3-1-2-8(6-10)9-4-5-12(11(15)7-9)16-13(17)18/h1-7,16H,15H2,(H,17,18). The van der Waals surface area contributed by atoms with Gasteiger partial charge in [0.2, 0.25) is 0 Å². The Hall–Kier alpha value is -2.56. The topological polar surface area (TPSA) is 75.3 Å². The molecule has 0 atom stereocenters. The summed E-state index contributed by atoms with van der Waals surface area (Å²) in [6.45, 7) is 0. The molecule has 0 spiro atoms. The summed E-state index contributed by atoms with van der Waals surface area (Å²) < 4.78 is 13.1. The molecule has 92 valence electrons. The van der Waals surface area contributed by atoms with Crippen LogP contribution >= 0.6 is 0 Å². The lowest BCUT2D eigenvalue weighted by atomic mass is 10.0. The van der Waals surface area contributed by atoms with Gasteiger partial charge < -0.3 is 10.8 Å². The smallest absolute Gasteiger partial charge is 0.409 e. The van der Waals surface area contributed by atoms with E-state index < -0.39 is 6.09 Å². The number of hydrogen-bond donors (Lipinski definition) is 3. The third-order valence-corrected chi connectivity index (χ3v) is 2.45. The van der Waals surface area contributed by atoms with E-state index in [0.29, 0.717) is 16.9 Å². The highest BCUT2D eigenvalue weighted by Gasteiger charge is 2.05. The Morgan fingerprint density at radius 1 is 1.17 bits per heavy atom. The molecule has 0 aliphatic carbocycles. The number of carbonyl (C=O) groups is 1. The zero-order valence-corrected chi connectivity index (χ0v) is 9.35. The SMILES string of the molecule is Nc1cc(-c2cccc(F)c2)ccc1NC(=O)O. The summed E-state index contributed by atoms with van der Waals surface area (Å²) in [5.41, 5.74) is 7.73. The summed E-state index contributed by atoms with van der Waals surface area (Å²) in [5.74, 6) is -0.334. The minimum Gasteiger partial charge on any atom is -0.465 e. The van der Waals surface area contributed by atoms with E-state index in [1.807, 2.05) is 0 Å². The van der Waals surface area contributed by atoms with Gasteiger partial charge in [0.25, 0.3) is 0 Å². The summed E-state index contributed by atoms with van der Waals surface area (Å²) in [6, 6.07) is 10.9. The number of nitrogens with one attached hydrogen (secondary N) is 1. The molecule has 0 saturated carbocycles. The molecule has 0 unspecified atom stereocenters. The van der Waals surface area contributed by atoms with Crippen LogP contribution in [0.5, 0.6) is 0 Å². The van der Waals surface area contributed by atoms with Crippen molar-refractivity contribution in [2.75, 3.05) is 11.1 Å². The number of anilines is 2. The molecular formula is C13H11FN2O2. The van der Waals surface area contributed by atoms with Gasteiger partial charge in [-0.05, 0) is 35.4 Å². The lowest BCUT2D eigenvalue weighted by Crippen LogP contribution is -2.09. The zero-order valence-electron chi connectivity index (χ0n) is 9.35. The number of benzene rings is 2. The van der Waals surface area contributed by atoms with Gasteiger partial charge in [0.1, 0.15) is 5.82 Å². The number of nitrogen functional groups attached to an aromatic ring is 1. The molecule has 0 radical (unpaired) electrons. The van der Waals surface area contributed by atoms with Crippen LogP contribution in [0.15, 0.2) is 42.5 Å². The van der Waals surface area contributed by atoms with E-state index >= 15 is 0 Å². The van der Waals surface area contributed by atoms with Crippen LogP contribution in [0.2, 0.25) is 0 Å². The van der Waals surface area contributed by atoms with E-state index in [1.54, 1.807) is 30.3 Å². The van der Waals surface area contributed by atoms with Crippen LogP contribution in [0.25, 0.3) is 11.1 Å². The van der Waals surface area contributed by atoms with Crippen LogP contribution in [0.3, 0.4) is 0 Å². The van der Waals surface area contributed by atoms with Gasteiger partial charge in [-0.2, -0.15) is 0 Å². The average molecular weight is 246 g/mol. The van der Waals surface area contributed by atoms with Crippen LogP contribution in [0.1, 0.15) is 0 Å². The number of halogens is 1. The van der Waals surface area contributed by atoms with Crippen LogP contribution < -0.4 is 11.1 Å². The fourth-order valence-electron chi connectivity index (χ4n) is 1.64. The Morgan fingerprint density at radius 3 is 2.50 bits per heavy atom. The van der Waals surface area contributed by atoms with E-state index in [1.165, 1.54) is 12.1 Å². The highest BCUT2D eigenvalue weighted by atomic mass is 19.1. The molecule has 18 heavy (non-hydrogen) atoms. The van der Waals surface area contributed by atoms with Crippen molar-refractivity contribution in [2.45, 2.75) is 0 Å². The third kappa shape index (κ3) is 2.57. The molecule has 4 nitrogen and oxygen atoms in total. The van der Waals surface area contributed by atoms with Crippen molar-refractivity contribution in [3.8, 4) is 11.1 Å². The molecule has 1 amide bonds. The molecule has 0 aromatic heterocycles. The molecule has 2 rings (SSSR count). The maximum absolute atomic E-state index is 13.1. The Kier molecular flexibility index (Phi) is 3.14. The van der Waals surface area contributed by atoms with Crippen molar-refractivity contribution in [2.24, 2.45) is 0 Å². The molecule has 0 aliphatic heterocycles. The van der Waals surface area contributed by atoms with Gasteiger partial charge in [-0.15, -0.1) is 0 Å². The van der Waals surface area contributed by atoms with E-state index in [9.17, 15) is 9.18 Å². The van der Waals surface area contributed by atoms with Gasteiger partial charge in [-0.1, -0.05) is 18.2 Å². The third-order valence-electron chi connectivity index (χ3n) is 2.45. The second-order valence-electron chi connectivity index (χ2n) is 3.74. The second kappa shape index (κ2) is 4.75. The van der Waals surface area contributed by atoms with Gasteiger partial charge in [-0.25, -0.2) is 9.18 Å². The molecule has 0 saturated heterocycles. The Morgan fingerprint density at radius 2 is 1.89 bits per heavy atom. The Labute approximate surface area is 103 Å². The largest absolute Gasteiger partial charge is 0.465 e. The first-order chi connectivity index (χ1) is 8.56. The highest BCUT2D eigenvalue weighted by molar-refractivity contribution is 5.89. The number of amides is 1. The molecule has 2 aromatic rings. The molecule has 4 N–H and O–H groups in total. The quantitative estimate of drug-likeness (QED) is 0.712. The lowest BCUT2D eigenvalue weighted by Gasteiger charge is -2.08. The van der Waals surface area contributed by atoms with E-state index in [2.05, 4.69) is 5.32 Å². The fraction of sp³-hybridized carbons (Fsp3) is 0. The first-order valence-corrected chi connectivity index (χ1v) is 5.21. The molecule has 0 aliphatic rings. The summed E-state index contributed by atoms with van der Waals surface area (Å²) in [5, 5.41) is 10.8. The summed E-state index contributed by atoms with van der Waals surface area (Å²) >= 11 is 0. The Balaban J connectivity index is 2.37. The predicted octanol–water partition coefficient (Wildman–Crippen LogP) is 3.16. The highest BCUT2D eigenvalue weighted by Crippen LogP contribution is 2.27. The van der Waals surface area contributed by atoms with Crippen molar-refractivity contribution in [3.63, 3.8) is 0 Å². The second-order valence-corrected chi connectivity index (χ2v) is 3.74. The van der Waals surface area contributed by atoms with Crippen molar-refractivity contribution in [3.05, 3.63) is 48.3 Å². The van der Waals surface area contributed by atoms with Crippen molar-refractivity contribution in [1.82, 2.24) is 0 Å². The van der Waals surface area contributed by atoms with Crippen LogP contribution in [-0.2, 0) is 0 Å². The maximum Gasteiger partial charge on any atom is 0.409 e. The number of carboxylic acid groups (broad SMARTS) is 1. The first-order valence-electron chi connectivity index (χ1n) is 5.21. The summed E-state index contributed by atoms with van der Waals surface area (Å²) in [4.78, 5) is 10.5. The lowest BCUT2D eigenvalue weighted by molar-refractivity contribution is 0.210. The Bertz CT molecular complexity index is 599. The zero-order chi connectivity index (χ0) is 13.1. The number of nitrogens with two attached hydrogens (primary N) is 1. The molecule has 2 aromatic carbocycles. The molecular weight excluding hydrogens is 235 g/mol. The van der Waals surface area contributed by atoms with Crippen LogP contribution in [-0.4, -0.2) is 11.2 Å². The molecule has 0 fully saturated rings. The van der Waals surface area contributed by atoms with Gasteiger partial charge in [0, 0.05) is 0 Å². The minimum absolute atomic E-state index is 0.291. The molecule has 5 heteroatoms. The van der Waals surface area contributed by atoms with Crippen molar-refractivity contribution >= 4 is 17.5 Å². The van der Waals surface area contributed by atoms with Gasteiger partial charge in [-0.3, -0.25) is 5.32 Å². The maximum atomic E-state index is 13.1. The van der Waals surface area contributed by atoms with Gasteiger partial charge in [0.15, 0.2) is 0 Å². The van der Waals surface area contributed by atoms with E-state index in [-0.39, 0.29) is 5.82 Å². The predicted molar refractivity (Wildman–Crippen MR) is 67.9 cm³/mol. The number of rotatable bonds is 2. The fourth-order valence-corrected chi connectivity index (χ4v) is 1.64. The summed E-state index contributed by atoms with van der Waals surface area (Å²) in [7, 11) is 0. The monoisotopic (exact) mass is 246 g/mol. The minimum atomic E-state index is -1.18. The van der Waals surface area contributed by atoms with Crippen LogP contribution in [0.4, 0.5) is 20.6 Å². The van der Waals surface area contributed by atoms with Crippen molar-refractivity contribution in [1.29, 1.82) is 0 Å². The number of hydrogen-bond acceptors (Lipinski definition) is 2. The normalized spacial score (nSPS) is 10.1. The molecule has 0 heterocycles. The average Bonchev–Trinajstić information content (AvgIpc) is 2.31. The first kappa shape index (κ1) is 11.9. The summed E-state index contributed by atoms with van der Waals surface area (Å²) in [6.07, 6.45) is -1.18. The van der Waals surface area contributed by atoms with Gasteiger partial charge >= 0.3 is 6.09 Å². The van der Waals surface area contributed by atoms with E-state index in [4.69, 9.17) is 10.8 Å².